The highest BCUT2D eigenvalue weighted by Crippen LogP contribution is 2.30. The summed E-state index contributed by atoms with van der Waals surface area (Å²) in [6.07, 6.45) is 5.77. The molecule has 130 valence electrons. The fraction of sp³-hybridized carbons (Fsp3) is 0.389. The van der Waals surface area contributed by atoms with Crippen molar-refractivity contribution in [2.24, 2.45) is 0 Å². The second-order valence-electron chi connectivity index (χ2n) is 6.58. The van der Waals surface area contributed by atoms with E-state index in [1.807, 2.05) is 28.9 Å². The molecule has 7 heteroatoms. The number of nitrogens with one attached hydrogen (secondary N) is 1. The first-order chi connectivity index (χ1) is 12.1. The predicted molar refractivity (Wildman–Crippen MR) is 91.6 cm³/mol. The lowest BCUT2D eigenvalue weighted by molar-refractivity contribution is -0.118. The van der Waals surface area contributed by atoms with Crippen molar-refractivity contribution in [3.8, 4) is 5.75 Å². The molecule has 3 heterocycles. The standard InChI is InChI=1S/C18H20N4O3/c1-12-8-19-21(9-12)10-14-3-2-6-22(14)18(24)13-4-5-16-15(7-13)20-17(23)11-25-16/h4-5,7-9,14H,2-3,6,10-11H2,1H3,(H,20,23)/t14-/m0/s1. The third kappa shape index (κ3) is 3.09. The number of aromatic nitrogens is 2. The van der Waals surface area contributed by atoms with Crippen molar-refractivity contribution in [1.82, 2.24) is 14.7 Å². The van der Waals surface area contributed by atoms with Crippen molar-refractivity contribution >= 4 is 17.5 Å². The van der Waals surface area contributed by atoms with Gasteiger partial charge in [-0.2, -0.15) is 5.10 Å². The third-order valence-electron chi connectivity index (χ3n) is 4.66. The summed E-state index contributed by atoms with van der Waals surface area (Å²) >= 11 is 0. The van der Waals surface area contributed by atoms with E-state index in [0.29, 0.717) is 23.5 Å². The lowest BCUT2D eigenvalue weighted by atomic mass is 10.1. The van der Waals surface area contributed by atoms with Gasteiger partial charge in [-0.25, -0.2) is 0 Å². The van der Waals surface area contributed by atoms with Gasteiger partial charge in [0.05, 0.1) is 24.5 Å². The van der Waals surface area contributed by atoms with Crippen LogP contribution in [0.25, 0.3) is 0 Å². The molecule has 7 nitrogen and oxygen atoms in total. The van der Waals surface area contributed by atoms with Crippen LogP contribution in [0.3, 0.4) is 0 Å². The van der Waals surface area contributed by atoms with Gasteiger partial charge in [-0.1, -0.05) is 0 Å². The largest absolute Gasteiger partial charge is 0.482 e. The number of fused-ring (bicyclic) bond motifs is 1. The van der Waals surface area contributed by atoms with Crippen molar-refractivity contribution < 1.29 is 14.3 Å². The van der Waals surface area contributed by atoms with Crippen LogP contribution >= 0.6 is 0 Å². The molecule has 2 amide bonds. The minimum atomic E-state index is -0.204. The first-order valence-corrected chi connectivity index (χ1v) is 8.47. The molecule has 0 spiro atoms. The van der Waals surface area contributed by atoms with Crippen molar-refractivity contribution in [1.29, 1.82) is 0 Å². The van der Waals surface area contributed by atoms with Gasteiger partial charge in [0.25, 0.3) is 11.8 Å². The van der Waals surface area contributed by atoms with Gasteiger partial charge in [-0.15, -0.1) is 0 Å². The SMILES string of the molecule is Cc1cnn(C[C@@H]2CCCN2C(=O)c2ccc3c(c2)NC(=O)CO3)c1. The molecule has 1 atom stereocenters. The Labute approximate surface area is 145 Å². The van der Waals surface area contributed by atoms with Gasteiger partial charge >= 0.3 is 0 Å². The number of carbonyl (C=O) groups excluding carboxylic acids is 2. The summed E-state index contributed by atoms with van der Waals surface area (Å²) in [5.74, 6) is 0.375. The fourth-order valence-electron chi connectivity index (χ4n) is 3.46. The summed E-state index contributed by atoms with van der Waals surface area (Å²) in [6.45, 7) is 3.45. The van der Waals surface area contributed by atoms with Crippen molar-refractivity contribution in [3.05, 3.63) is 41.7 Å². The van der Waals surface area contributed by atoms with Crippen molar-refractivity contribution in [2.75, 3.05) is 18.5 Å². The minimum absolute atomic E-state index is 0.0117. The van der Waals surface area contributed by atoms with E-state index in [-0.39, 0.29) is 24.5 Å². The number of benzene rings is 1. The van der Waals surface area contributed by atoms with Gasteiger partial charge in [-0.3, -0.25) is 14.3 Å². The average molecular weight is 340 g/mol. The molecule has 1 fully saturated rings. The summed E-state index contributed by atoms with van der Waals surface area (Å²) in [6, 6.07) is 5.33. The average Bonchev–Trinajstić information content (AvgIpc) is 3.23. The number of hydrogen-bond acceptors (Lipinski definition) is 4. The van der Waals surface area contributed by atoms with E-state index in [2.05, 4.69) is 10.4 Å². The molecule has 2 aromatic rings. The maximum absolute atomic E-state index is 13.0. The molecule has 1 aromatic carbocycles. The van der Waals surface area contributed by atoms with Crippen LogP contribution in [0.2, 0.25) is 0 Å². The fourth-order valence-corrected chi connectivity index (χ4v) is 3.46. The molecular formula is C18H20N4O3. The number of amides is 2. The first kappa shape index (κ1) is 15.7. The summed E-state index contributed by atoms with van der Waals surface area (Å²) in [7, 11) is 0. The Morgan fingerprint density at radius 1 is 1.44 bits per heavy atom. The van der Waals surface area contributed by atoms with Crippen molar-refractivity contribution in [3.63, 3.8) is 0 Å². The Bertz CT molecular complexity index is 829. The minimum Gasteiger partial charge on any atom is -0.482 e. The normalized spacial score (nSPS) is 19.3. The Hall–Kier alpha value is -2.83. The highest BCUT2D eigenvalue weighted by molar-refractivity contribution is 6.00. The van der Waals surface area contributed by atoms with E-state index >= 15 is 0 Å². The summed E-state index contributed by atoms with van der Waals surface area (Å²) in [5, 5.41) is 7.08. The molecule has 25 heavy (non-hydrogen) atoms. The molecule has 2 aliphatic heterocycles. The topological polar surface area (TPSA) is 76.5 Å². The predicted octanol–water partition coefficient (Wildman–Crippen LogP) is 1.83. The molecule has 0 radical (unpaired) electrons. The van der Waals surface area contributed by atoms with E-state index in [9.17, 15) is 9.59 Å². The van der Waals surface area contributed by atoms with E-state index in [0.717, 1.165) is 24.9 Å². The van der Waals surface area contributed by atoms with Crippen LogP contribution in [0.15, 0.2) is 30.6 Å². The molecule has 0 unspecified atom stereocenters. The maximum atomic E-state index is 13.0. The van der Waals surface area contributed by atoms with Crippen LogP contribution in [-0.2, 0) is 11.3 Å². The number of anilines is 1. The zero-order valence-corrected chi connectivity index (χ0v) is 14.1. The van der Waals surface area contributed by atoms with Crippen LogP contribution in [0.1, 0.15) is 28.8 Å². The van der Waals surface area contributed by atoms with Crippen LogP contribution in [-0.4, -0.2) is 45.7 Å². The van der Waals surface area contributed by atoms with E-state index < -0.39 is 0 Å². The van der Waals surface area contributed by atoms with Crippen molar-refractivity contribution in [2.45, 2.75) is 32.4 Å². The zero-order chi connectivity index (χ0) is 17.4. The number of ether oxygens (including phenoxy) is 1. The number of rotatable bonds is 3. The number of carbonyl (C=O) groups is 2. The lowest BCUT2D eigenvalue weighted by Gasteiger charge is -2.25. The molecule has 4 rings (SSSR count). The molecule has 1 saturated heterocycles. The molecule has 2 aliphatic rings. The Balaban J connectivity index is 1.53. The smallest absolute Gasteiger partial charge is 0.262 e. The summed E-state index contributed by atoms with van der Waals surface area (Å²) < 4.78 is 7.25. The molecule has 0 aliphatic carbocycles. The third-order valence-corrected chi connectivity index (χ3v) is 4.66. The highest BCUT2D eigenvalue weighted by atomic mass is 16.5. The van der Waals surface area contributed by atoms with Gasteiger partial charge in [0.2, 0.25) is 0 Å². The van der Waals surface area contributed by atoms with E-state index in [1.165, 1.54) is 0 Å². The molecule has 0 bridgehead atoms. The number of hydrogen-bond donors (Lipinski definition) is 1. The number of likely N-dealkylation sites (tertiary alicyclic amines) is 1. The van der Waals surface area contributed by atoms with Gasteiger partial charge in [0.15, 0.2) is 6.61 Å². The monoisotopic (exact) mass is 340 g/mol. The number of aryl methyl sites for hydroxylation is 1. The quantitative estimate of drug-likeness (QED) is 0.925. The second kappa shape index (κ2) is 6.23. The number of nitrogens with zero attached hydrogens (tertiary/aromatic N) is 3. The Morgan fingerprint density at radius 3 is 3.12 bits per heavy atom. The van der Waals surface area contributed by atoms with Gasteiger partial charge in [-0.05, 0) is 43.5 Å². The van der Waals surface area contributed by atoms with Crippen LogP contribution in [0.4, 0.5) is 5.69 Å². The summed E-state index contributed by atoms with van der Waals surface area (Å²) in [5.41, 5.74) is 2.23. The lowest BCUT2D eigenvalue weighted by Crippen LogP contribution is -2.38. The molecule has 1 aromatic heterocycles. The Morgan fingerprint density at radius 2 is 2.32 bits per heavy atom. The zero-order valence-electron chi connectivity index (χ0n) is 14.1. The van der Waals surface area contributed by atoms with Gasteiger partial charge < -0.3 is 15.0 Å². The highest BCUT2D eigenvalue weighted by Gasteiger charge is 2.30. The first-order valence-electron chi connectivity index (χ1n) is 8.47. The molecule has 1 N–H and O–H groups in total. The molecule has 0 saturated carbocycles. The van der Waals surface area contributed by atoms with E-state index in [4.69, 9.17) is 4.74 Å². The second-order valence-corrected chi connectivity index (χ2v) is 6.58. The Kier molecular flexibility index (Phi) is 3.91. The maximum Gasteiger partial charge on any atom is 0.262 e. The van der Waals surface area contributed by atoms with Crippen LogP contribution in [0.5, 0.6) is 5.75 Å². The van der Waals surface area contributed by atoms with Crippen LogP contribution < -0.4 is 10.1 Å². The van der Waals surface area contributed by atoms with E-state index in [1.54, 1.807) is 18.2 Å². The van der Waals surface area contributed by atoms with Gasteiger partial charge in [0.1, 0.15) is 5.75 Å². The van der Waals surface area contributed by atoms with Crippen LogP contribution in [0, 0.1) is 6.92 Å². The molecular weight excluding hydrogens is 320 g/mol. The summed E-state index contributed by atoms with van der Waals surface area (Å²) in [4.78, 5) is 26.3. The van der Waals surface area contributed by atoms with Gasteiger partial charge in [0, 0.05) is 18.3 Å².